The van der Waals surface area contributed by atoms with Gasteiger partial charge < -0.3 is 15.0 Å². The summed E-state index contributed by atoms with van der Waals surface area (Å²) in [5.41, 5.74) is 3.63. The Hall–Kier alpha value is -2.86. The molecule has 2 aromatic rings. The van der Waals surface area contributed by atoms with Crippen LogP contribution in [0.2, 0.25) is 0 Å². The molecule has 6 heteroatoms. The van der Waals surface area contributed by atoms with Crippen molar-refractivity contribution < 1.29 is 14.3 Å². The maximum atomic E-state index is 13.1. The molecule has 3 rings (SSSR count). The topological polar surface area (TPSA) is 61.9 Å². The van der Waals surface area contributed by atoms with Crippen LogP contribution in [0.25, 0.3) is 0 Å². The van der Waals surface area contributed by atoms with E-state index in [-0.39, 0.29) is 11.8 Å². The van der Waals surface area contributed by atoms with E-state index in [2.05, 4.69) is 24.1 Å². The minimum absolute atomic E-state index is 0.0553. The van der Waals surface area contributed by atoms with Crippen LogP contribution in [0.3, 0.4) is 0 Å². The summed E-state index contributed by atoms with van der Waals surface area (Å²) in [6, 6.07) is 13.6. The summed E-state index contributed by atoms with van der Waals surface area (Å²) in [5, 5.41) is 3.05. The van der Waals surface area contributed by atoms with Crippen LogP contribution >= 0.6 is 0 Å². The first-order chi connectivity index (χ1) is 17.9. The fourth-order valence-corrected chi connectivity index (χ4v) is 4.81. The highest BCUT2D eigenvalue weighted by Crippen LogP contribution is 2.26. The van der Waals surface area contributed by atoms with Crippen LogP contribution in [-0.4, -0.2) is 43.0 Å². The molecule has 2 aromatic carbocycles. The zero-order chi connectivity index (χ0) is 26.6. The Morgan fingerprint density at radius 1 is 0.973 bits per heavy atom. The van der Waals surface area contributed by atoms with Gasteiger partial charge in [-0.05, 0) is 86.7 Å². The first kappa shape index (κ1) is 28.7. The van der Waals surface area contributed by atoms with Gasteiger partial charge in [-0.3, -0.25) is 14.5 Å². The standard InChI is InChI=1S/C31H45N3O3/c1-5-37-29-14-11-26(12-15-29)22-32-31(36)27-13-16-30-28(21-27)23-33(20-17-24(2)3)18-9-7-6-8-10-19-34(30)25(4)35/h11-16,21,24H,5-10,17-20,22-23H2,1-4H3,(H,32,36). The highest BCUT2D eigenvalue weighted by atomic mass is 16.5. The van der Waals surface area contributed by atoms with Crippen molar-refractivity contribution in [1.82, 2.24) is 10.2 Å². The molecule has 1 aliphatic rings. The van der Waals surface area contributed by atoms with Gasteiger partial charge in [-0.15, -0.1) is 0 Å². The van der Waals surface area contributed by atoms with E-state index in [9.17, 15) is 9.59 Å². The van der Waals surface area contributed by atoms with Crippen molar-refractivity contribution in [2.75, 3.05) is 31.1 Å². The summed E-state index contributed by atoms with van der Waals surface area (Å²) < 4.78 is 5.50. The lowest BCUT2D eigenvalue weighted by Gasteiger charge is -2.29. The quantitative estimate of drug-likeness (QED) is 0.463. The molecule has 0 atom stereocenters. The van der Waals surface area contributed by atoms with Crippen LogP contribution in [0, 0.1) is 5.92 Å². The average Bonchev–Trinajstić information content (AvgIpc) is 2.87. The first-order valence-electron chi connectivity index (χ1n) is 14.0. The van der Waals surface area contributed by atoms with E-state index in [1.54, 1.807) is 6.92 Å². The maximum absolute atomic E-state index is 13.1. The third-order valence-corrected chi connectivity index (χ3v) is 6.97. The van der Waals surface area contributed by atoms with Gasteiger partial charge in [0.15, 0.2) is 0 Å². The minimum Gasteiger partial charge on any atom is -0.494 e. The molecule has 202 valence electrons. The predicted octanol–water partition coefficient (Wildman–Crippen LogP) is 6.18. The van der Waals surface area contributed by atoms with Crippen molar-refractivity contribution in [1.29, 1.82) is 0 Å². The molecule has 37 heavy (non-hydrogen) atoms. The highest BCUT2D eigenvalue weighted by molar-refractivity contribution is 5.97. The van der Waals surface area contributed by atoms with Crippen LogP contribution in [0.4, 0.5) is 5.69 Å². The molecular formula is C31H45N3O3. The Kier molecular flexibility index (Phi) is 11.5. The second kappa shape index (κ2) is 14.8. The average molecular weight is 508 g/mol. The SMILES string of the molecule is CCOc1ccc(CNC(=O)c2ccc3c(c2)CN(CCC(C)C)CCCCCCCN3C(C)=O)cc1. The van der Waals surface area contributed by atoms with Gasteiger partial charge in [-0.2, -0.15) is 0 Å². The molecular weight excluding hydrogens is 462 g/mol. The van der Waals surface area contributed by atoms with Crippen LogP contribution in [-0.2, 0) is 17.9 Å². The van der Waals surface area contributed by atoms with Crippen molar-refractivity contribution in [2.45, 2.75) is 79.3 Å². The number of carbonyl (C=O) groups is 2. The van der Waals surface area contributed by atoms with Gasteiger partial charge in [0.2, 0.25) is 5.91 Å². The third kappa shape index (κ3) is 9.19. The summed E-state index contributed by atoms with van der Waals surface area (Å²) in [5.74, 6) is 1.41. The summed E-state index contributed by atoms with van der Waals surface area (Å²) in [7, 11) is 0. The number of fused-ring (bicyclic) bond motifs is 1. The lowest BCUT2D eigenvalue weighted by Crippen LogP contribution is -2.33. The monoisotopic (exact) mass is 507 g/mol. The largest absolute Gasteiger partial charge is 0.494 e. The molecule has 1 heterocycles. The van der Waals surface area contributed by atoms with Crippen LogP contribution in [0.15, 0.2) is 42.5 Å². The van der Waals surface area contributed by atoms with Crippen molar-refractivity contribution in [3.05, 3.63) is 59.2 Å². The normalized spacial score (nSPS) is 15.4. The number of hydrogen-bond acceptors (Lipinski definition) is 4. The molecule has 0 unspecified atom stereocenters. The molecule has 0 spiro atoms. The van der Waals surface area contributed by atoms with Crippen LogP contribution < -0.4 is 15.0 Å². The fourth-order valence-electron chi connectivity index (χ4n) is 4.81. The molecule has 0 radical (unpaired) electrons. The maximum Gasteiger partial charge on any atom is 0.251 e. The number of hydrogen-bond donors (Lipinski definition) is 1. The molecule has 0 saturated heterocycles. The fraction of sp³-hybridized carbons (Fsp3) is 0.548. The van der Waals surface area contributed by atoms with Crippen LogP contribution in [0.5, 0.6) is 5.75 Å². The second-order valence-electron chi connectivity index (χ2n) is 10.5. The van der Waals surface area contributed by atoms with Crippen molar-refractivity contribution in [2.24, 2.45) is 5.92 Å². The summed E-state index contributed by atoms with van der Waals surface area (Å²) >= 11 is 0. The van der Waals surface area contributed by atoms with Gasteiger partial charge in [0.05, 0.1) is 6.61 Å². The van der Waals surface area contributed by atoms with Gasteiger partial charge in [0.1, 0.15) is 5.75 Å². The number of rotatable bonds is 8. The van der Waals surface area contributed by atoms with E-state index in [4.69, 9.17) is 4.74 Å². The zero-order valence-corrected chi connectivity index (χ0v) is 23.2. The molecule has 1 N–H and O–H groups in total. The molecule has 0 fully saturated rings. The first-order valence-corrected chi connectivity index (χ1v) is 14.0. The van der Waals surface area contributed by atoms with Gasteiger partial charge >= 0.3 is 0 Å². The van der Waals surface area contributed by atoms with E-state index in [0.717, 1.165) is 68.0 Å². The molecule has 0 aliphatic carbocycles. The van der Waals surface area contributed by atoms with E-state index in [0.29, 0.717) is 24.6 Å². The van der Waals surface area contributed by atoms with E-state index in [1.165, 1.54) is 19.3 Å². The molecule has 0 bridgehead atoms. The number of carbonyl (C=O) groups excluding carboxylic acids is 2. The van der Waals surface area contributed by atoms with Gasteiger partial charge in [0, 0.05) is 37.8 Å². The lowest BCUT2D eigenvalue weighted by atomic mass is 10.0. The number of ether oxygens (including phenoxy) is 1. The zero-order valence-electron chi connectivity index (χ0n) is 23.2. The Balaban J connectivity index is 1.82. The van der Waals surface area contributed by atoms with Crippen molar-refractivity contribution >= 4 is 17.5 Å². The Bertz CT molecular complexity index is 1000. The minimum atomic E-state index is -0.106. The lowest BCUT2D eigenvalue weighted by molar-refractivity contribution is -0.116. The summed E-state index contributed by atoms with van der Waals surface area (Å²) in [6.07, 6.45) is 6.89. The second-order valence-corrected chi connectivity index (χ2v) is 10.5. The van der Waals surface area contributed by atoms with E-state index >= 15 is 0 Å². The number of anilines is 1. The number of nitrogens with one attached hydrogen (secondary N) is 1. The van der Waals surface area contributed by atoms with Crippen LogP contribution in [0.1, 0.15) is 87.7 Å². The van der Waals surface area contributed by atoms with Gasteiger partial charge in [-0.25, -0.2) is 0 Å². The third-order valence-electron chi connectivity index (χ3n) is 6.97. The predicted molar refractivity (Wildman–Crippen MR) is 151 cm³/mol. The molecule has 6 nitrogen and oxygen atoms in total. The highest BCUT2D eigenvalue weighted by Gasteiger charge is 2.20. The number of benzene rings is 2. The Labute approximate surface area is 223 Å². The number of amides is 2. The van der Waals surface area contributed by atoms with Gasteiger partial charge in [0.25, 0.3) is 5.91 Å². The smallest absolute Gasteiger partial charge is 0.251 e. The van der Waals surface area contributed by atoms with Gasteiger partial charge in [-0.1, -0.05) is 45.2 Å². The summed E-state index contributed by atoms with van der Waals surface area (Å²) in [6.45, 7) is 12.7. The van der Waals surface area contributed by atoms with E-state index in [1.807, 2.05) is 54.3 Å². The van der Waals surface area contributed by atoms with Crippen molar-refractivity contribution in [3.8, 4) is 5.75 Å². The molecule has 2 amide bonds. The van der Waals surface area contributed by atoms with Crippen molar-refractivity contribution in [3.63, 3.8) is 0 Å². The Morgan fingerprint density at radius 2 is 1.68 bits per heavy atom. The molecule has 1 aliphatic heterocycles. The molecule has 0 saturated carbocycles. The number of nitrogens with zero attached hydrogens (tertiary/aromatic N) is 2. The van der Waals surface area contributed by atoms with E-state index < -0.39 is 0 Å². The Morgan fingerprint density at radius 3 is 2.35 bits per heavy atom. The summed E-state index contributed by atoms with van der Waals surface area (Å²) in [4.78, 5) is 30.2. The molecule has 0 aromatic heterocycles.